The summed E-state index contributed by atoms with van der Waals surface area (Å²) in [6.45, 7) is 1.66. The highest BCUT2D eigenvalue weighted by molar-refractivity contribution is 5.95. The second-order valence-corrected chi connectivity index (χ2v) is 5.45. The van der Waals surface area contributed by atoms with Gasteiger partial charge in [-0.25, -0.2) is 18.0 Å². The Kier molecular flexibility index (Phi) is 8.40. The van der Waals surface area contributed by atoms with Crippen LogP contribution in [0, 0.1) is 17.5 Å². The van der Waals surface area contributed by atoms with Crippen molar-refractivity contribution in [2.75, 3.05) is 11.9 Å². The minimum atomic E-state index is -1.71. The van der Waals surface area contributed by atoms with Gasteiger partial charge in [-0.2, -0.15) is 0 Å². The first-order valence-electron chi connectivity index (χ1n) is 7.89. The number of amides is 3. The molecule has 0 aromatic heterocycles. The zero-order valence-corrected chi connectivity index (χ0v) is 14.1. The SMILES string of the molecule is C[C@H](OC(=O)CCCCCNC(N)=O)C(=O)Nc1ccc(F)c(F)c1F. The van der Waals surface area contributed by atoms with Gasteiger partial charge < -0.3 is 21.1 Å². The van der Waals surface area contributed by atoms with Crippen molar-refractivity contribution in [3.63, 3.8) is 0 Å². The third-order valence-corrected chi connectivity index (χ3v) is 3.33. The van der Waals surface area contributed by atoms with Gasteiger partial charge in [-0.15, -0.1) is 0 Å². The molecular weight excluding hydrogens is 355 g/mol. The predicted molar refractivity (Wildman–Crippen MR) is 86.6 cm³/mol. The second kappa shape index (κ2) is 10.3. The minimum absolute atomic E-state index is 0.0493. The van der Waals surface area contributed by atoms with Gasteiger partial charge in [-0.1, -0.05) is 6.42 Å². The van der Waals surface area contributed by atoms with E-state index in [1.54, 1.807) is 0 Å². The van der Waals surface area contributed by atoms with Crippen LogP contribution in [-0.2, 0) is 14.3 Å². The van der Waals surface area contributed by atoms with Crippen LogP contribution in [-0.4, -0.2) is 30.6 Å². The number of esters is 1. The van der Waals surface area contributed by atoms with Gasteiger partial charge in [-0.05, 0) is 31.9 Å². The normalized spacial score (nSPS) is 11.5. The molecular formula is C16H20F3N3O4. The van der Waals surface area contributed by atoms with E-state index in [0.717, 1.165) is 6.07 Å². The number of halogens is 3. The Morgan fingerprint density at radius 2 is 1.81 bits per heavy atom. The van der Waals surface area contributed by atoms with Crippen molar-refractivity contribution >= 4 is 23.6 Å². The third kappa shape index (κ3) is 6.99. The van der Waals surface area contributed by atoms with E-state index in [-0.39, 0.29) is 6.42 Å². The number of carbonyl (C=O) groups is 3. The number of hydrogen-bond donors (Lipinski definition) is 3. The van der Waals surface area contributed by atoms with E-state index < -0.39 is 47.2 Å². The van der Waals surface area contributed by atoms with Crippen LogP contribution in [0.4, 0.5) is 23.7 Å². The van der Waals surface area contributed by atoms with E-state index in [4.69, 9.17) is 10.5 Å². The number of anilines is 1. The zero-order chi connectivity index (χ0) is 19.7. The average molecular weight is 375 g/mol. The molecule has 0 aliphatic carbocycles. The number of unbranched alkanes of at least 4 members (excludes halogenated alkanes) is 2. The van der Waals surface area contributed by atoms with Crippen LogP contribution in [0.15, 0.2) is 12.1 Å². The molecule has 4 N–H and O–H groups in total. The maximum atomic E-state index is 13.5. The van der Waals surface area contributed by atoms with Crippen molar-refractivity contribution in [2.24, 2.45) is 5.73 Å². The lowest BCUT2D eigenvalue weighted by molar-refractivity contribution is -0.153. The molecule has 0 spiro atoms. The summed E-state index contributed by atoms with van der Waals surface area (Å²) in [6, 6.07) is 0.902. The van der Waals surface area contributed by atoms with E-state index in [0.29, 0.717) is 31.9 Å². The van der Waals surface area contributed by atoms with Gasteiger partial charge >= 0.3 is 12.0 Å². The fourth-order valence-electron chi connectivity index (χ4n) is 1.95. The first-order valence-corrected chi connectivity index (χ1v) is 7.89. The number of primary amides is 1. The number of carbonyl (C=O) groups excluding carboxylic acids is 3. The van der Waals surface area contributed by atoms with E-state index in [1.807, 2.05) is 5.32 Å². The summed E-state index contributed by atoms with van der Waals surface area (Å²) in [5.74, 6) is -6.15. The van der Waals surface area contributed by atoms with Crippen LogP contribution in [0.2, 0.25) is 0 Å². The van der Waals surface area contributed by atoms with Crippen LogP contribution in [0.3, 0.4) is 0 Å². The highest BCUT2D eigenvalue weighted by atomic mass is 19.2. The standard InChI is InChI=1S/C16H20F3N3O4/c1-9(26-12(23)5-3-2-4-8-21-16(20)25)15(24)22-11-7-6-10(17)13(18)14(11)19/h6-7,9H,2-5,8H2,1H3,(H,22,24)(H3,20,21,25)/t9-/m0/s1. The lowest BCUT2D eigenvalue weighted by Crippen LogP contribution is -2.30. The van der Waals surface area contributed by atoms with Crippen molar-refractivity contribution in [1.82, 2.24) is 5.32 Å². The van der Waals surface area contributed by atoms with E-state index in [2.05, 4.69) is 5.32 Å². The van der Waals surface area contributed by atoms with Crippen molar-refractivity contribution < 1.29 is 32.3 Å². The summed E-state index contributed by atoms with van der Waals surface area (Å²) >= 11 is 0. The van der Waals surface area contributed by atoms with Crippen LogP contribution >= 0.6 is 0 Å². The quantitative estimate of drug-likeness (QED) is 0.349. The van der Waals surface area contributed by atoms with Crippen LogP contribution in [0.5, 0.6) is 0 Å². The molecule has 1 aromatic rings. The molecule has 0 aliphatic rings. The molecule has 0 fully saturated rings. The van der Waals surface area contributed by atoms with Gasteiger partial charge in [-0.3, -0.25) is 9.59 Å². The topological polar surface area (TPSA) is 111 Å². The Bertz CT molecular complexity index is 670. The molecule has 0 radical (unpaired) electrons. The molecule has 1 atom stereocenters. The molecule has 0 bridgehead atoms. The largest absolute Gasteiger partial charge is 0.453 e. The summed E-state index contributed by atoms with van der Waals surface area (Å²) in [6.07, 6.45) is 0.545. The van der Waals surface area contributed by atoms with Gasteiger partial charge in [0, 0.05) is 13.0 Å². The highest BCUT2D eigenvalue weighted by Gasteiger charge is 2.21. The van der Waals surface area contributed by atoms with Gasteiger partial charge in [0.15, 0.2) is 23.6 Å². The highest BCUT2D eigenvalue weighted by Crippen LogP contribution is 2.20. The Morgan fingerprint density at radius 1 is 1.12 bits per heavy atom. The first kappa shape index (κ1) is 21.3. The number of nitrogens with one attached hydrogen (secondary N) is 2. The number of rotatable bonds is 9. The molecule has 7 nitrogen and oxygen atoms in total. The first-order chi connectivity index (χ1) is 12.2. The lowest BCUT2D eigenvalue weighted by atomic mass is 10.2. The van der Waals surface area contributed by atoms with E-state index >= 15 is 0 Å². The van der Waals surface area contributed by atoms with Gasteiger partial charge in [0.25, 0.3) is 5.91 Å². The van der Waals surface area contributed by atoms with Crippen molar-refractivity contribution in [2.45, 2.75) is 38.7 Å². The van der Waals surface area contributed by atoms with Gasteiger partial charge in [0.05, 0.1) is 5.69 Å². The monoisotopic (exact) mass is 375 g/mol. The van der Waals surface area contributed by atoms with Crippen molar-refractivity contribution in [1.29, 1.82) is 0 Å². The molecule has 0 aliphatic heterocycles. The Morgan fingerprint density at radius 3 is 2.46 bits per heavy atom. The van der Waals surface area contributed by atoms with Crippen LogP contribution < -0.4 is 16.4 Å². The van der Waals surface area contributed by atoms with Crippen molar-refractivity contribution in [3.05, 3.63) is 29.6 Å². The molecule has 1 rings (SSSR count). The number of hydrogen-bond acceptors (Lipinski definition) is 4. The summed E-state index contributed by atoms with van der Waals surface area (Å²) in [5, 5.41) is 4.43. The number of nitrogens with two attached hydrogens (primary N) is 1. The number of urea groups is 1. The Labute approximate surface area is 148 Å². The summed E-state index contributed by atoms with van der Waals surface area (Å²) in [4.78, 5) is 33.9. The molecule has 0 heterocycles. The third-order valence-electron chi connectivity index (χ3n) is 3.33. The van der Waals surface area contributed by atoms with Crippen LogP contribution in [0.25, 0.3) is 0 Å². The zero-order valence-electron chi connectivity index (χ0n) is 14.1. The molecule has 3 amide bonds. The van der Waals surface area contributed by atoms with Crippen LogP contribution in [0.1, 0.15) is 32.6 Å². The smallest absolute Gasteiger partial charge is 0.312 e. The summed E-state index contributed by atoms with van der Waals surface area (Å²) in [7, 11) is 0. The maximum Gasteiger partial charge on any atom is 0.312 e. The summed E-state index contributed by atoms with van der Waals surface area (Å²) < 4.78 is 44.3. The molecule has 0 saturated carbocycles. The summed E-state index contributed by atoms with van der Waals surface area (Å²) in [5.41, 5.74) is 4.34. The molecule has 0 unspecified atom stereocenters. The number of benzene rings is 1. The van der Waals surface area contributed by atoms with Gasteiger partial charge in [0.1, 0.15) is 0 Å². The molecule has 1 aromatic carbocycles. The molecule has 26 heavy (non-hydrogen) atoms. The lowest BCUT2D eigenvalue weighted by Gasteiger charge is -2.14. The van der Waals surface area contributed by atoms with Gasteiger partial charge in [0.2, 0.25) is 0 Å². The molecule has 144 valence electrons. The average Bonchev–Trinajstić information content (AvgIpc) is 2.58. The van der Waals surface area contributed by atoms with Crippen molar-refractivity contribution in [3.8, 4) is 0 Å². The fraction of sp³-hybridized carbons (Fsp3) is 0.438. The van der Waals surface area contributed by atoms with E-state index in [1.165, 1.54) is 6.92 Å². The maximum absolute atomic E-state index is 13.5. The Balaban J connectivity index is 2.36. The van der Waals surface area contributed by atoms with E-state index in [9.17, 15) is 27.6 Å². The number of ether oxygens (including phenoxy) is 1. The predicted octanol–water partition coefficient (Wildman–Crippen LogP) is 2.20. The fourth-order valence-corrected chi connectivity index (χ4v) is 1.95. The second-order valence-electron chi connectivity index (χ2n) is 5.45. The minimum Gasteiger partial charge on any atom is -0.453 e. The molecule has 0 saturated heterocycles. The Hall–Kier alpha value is -2.78. The molecule has 10 heteroatoms.